The molecule has 0 atom stereocenters. The molecule has 0 aromatic carbocycles. The molecular formula is C7H12ClN. The molecule has 2 fully saturated rings. The van der Waals surface area contributed by atoms with Gasteiger partial charge < -0.3 is 0 Å². The molecule has 52 valence electrons. The van der Waals surface area contributed by atoms with Crippen molar-refractivity contribution >= 4 is 11.8 Å². The predicted octanol–water partition coefficient (Wildman–Crippen LogP) is 2.02. The highest BCUT2D eigenvalue weighted by Gasteiger charge is 2.43. The van der Waals surface area contributed by atoms with Gasteiger partial charge >= 0.3 is 0 Å². The molecule has 1 nitrogen and oxygen atoms in total. The minimum absolute atomic E-state index is 0.682. The Kier molecular flexibility index (Phi) is 1.24. The van der Waals surface area contributed by atoms with Crippen LogP contribution in [0.5, 0.6) is 0 Å². The molecule has 0 aromatic rings. The molecule has 0 amide bonds. The van der Waals surface area contributed by atoms with Crippen LogP contribution in [0.3, 0.4) is 0 Å². The Morgan fingerprint density at radius 3 is 2.11 bits per heavy atom. The summed E-state index contributed by atoms with van der Waals surface area (Å²) < 4.78 is 1.91. The first-order valence-electron chi connectivity index (χ1n) is 3.72. The Labute approximate surface area is 61.1 Å². The quantitative estimate of drug-likeness (QED) is 0.472. The van der Waals surface area contributed by atoms with Crippen LogP contribution < -0.4 is 0 Å². The predicted molar refractivity (Wildman–Crippen MR) is 38.3 cm³/mol. The van der Waals surface area contributed by atoms with Crippen molar-refractivity contribution in [3.05, 3.63) is 0 Å². The molecular weight excluding hydrogens is 134 g/mol. The van der Waals surface area contributed by atoms with Crippen LogP contribution in [0.25, 0.3) is 0 Å². The van der Waals surface area contributed by atoms with Gasteiger partial charge in [0.2, 0.25) is 0 Å². The van der Waals surface area contributed by atoms with Crippen LogP contribution in [0, 0.1) is 5.41 Å². The second-order valence-electron chi connectivity index (χ2n) is 3.49. The van der Waals surface area contributed by atoms with Gasteiger partial charge in [-0.25, -0.2) is 4.42 Å². The molecule has 0 unspecified atom stereocenters. The maximum absolute atomic E-state index is 5.75. The second-order valence-corrected chi connectivity index (χ2v) is 3.96. The number of nitrogens with zero attached hydrogens (tertiary/aromatic N) is 1. The molecule has 1 saturated heterocycles. The molecule has 1 heterocycles. The Morgan fingerprint density at radius 1 is 1.11 bits per heavy atom. The third-order valence-electron chi connectivity index (χ3n) is 2.68. The average Bonchev–Trinajstić information content (AvgIpc) is 2.12. The first-order valence-corrected chi connectivity index (χ1v) is 4.05. The summed E-state index contributed by atoms with van der Waals surface area (Å²) in [5.41, 5.74) is 0.682. The second kappa shape index (κ2) is 1.86. The van der Waals surface area contributed by atoms with Gasteiger partial charge in [-0.15, -0.1) is 0 Å². The van der Waals surface area contributed by atoms with E-state index in [4.69, 9.17) is 11.8 Å². The maximum atomic E-state index is 5.75. The molecule has 1 spiro atoms. The number of rotatable bonds is 0. The molecule has 0 radical (unpaired) electrons. The summed E-state index contributed by atoms with van der Waals surface area (Å²) in [6.07, 6.45) is 5.72. The van der Waals surface area contributed by atoms with Crippen LogP contribution in [-0.4, -0.2) is 17.5 Å². The van der Waals surface area contributed by atoms with E-state index < -0.39 is 0 Å². The van der Waals surface area contributed by atoms with Crippen molar-refractivity contribution in [1.29, 1.82) is 0 Å². The zero-order chi connectivity index (χ0) is 6.32. The van der Waals surface area contributed by atoms with Gasteiger partial charge in [-0.1, -0.05) is 12.8 Å². The number of hydrogen-bond acceptors (Lipinski definition) is 1. The van der Waals surface area contributed by atoms with E-state index in [-0.39, 0.29) is 0 Å². The van der Waals surface area contributed by atoms with Gasteiger partial charge in [0, 0.05) is 13.1 Å². The third-order valence-corrected chi connectivity index (χ3v) is 2.92. The highest BCUT2D eigenvalue weighted by Crippen LogP contribution is 2.45. The van der Waals surface area contributed by atoms with Gasteiger partial charge in [0.15, 0.2) is 0 Å². The lowest BCUT2D eigenvalue weighted by molar-refractivity contribution is 0.0807. The summed E-state index contributed by atoms with van der Waals surface area (Å²) >= 11 is 5.75. The smallest absolute Gasteiger partial charge is 0.0208 e. The van der Waals surface area contributed by atoms with Gasteiger partial charge in [0.05, 0.1) is 0 Å². The fraction of sp³-hybridized carbons (Fsp3) is 1.00. The molecule has 1 aliphatic carbocycles. The van der Waals surface area contributed by atoms with Gasteiger partial charge in [-0.05, 0) is 30.0 Å². The molecule has 2 heteroatoms. The van der Waals surface area contributed by atoms with E-state index in [9.17, 15) is 0 Å². The van der Waals surface area contributed by atoms with Crippen LogP contribution in [0.2, 0.25) is 0 Å². The molecule has 9 heavy (non-hydrogen) atoms. The maximum Gasteiger partial charge on any atom is 0.0208 e. The fourth-order valence-electron chi connectivity index (χ4n) is 2.12. The van der Waals surface area contributed by atoms with Gasteiger partial charge in [-0.2, -0.15) is 0 Å². The minimum atomic E-state index is 0.682. The van der Waals surface area contributed by atoms with E-state index >= 15 is 0 Å². The van der Waals surface area contributed by atoms with Crippen LogP contribution in [0.15, 0.2) is 0 Å². The van der Waals surface area contributed by atoms with Crippen molar-refractivity contribution in [2.45, 2.75) is 25.7 Å². The highest BCUT2D eigenvalue weighted by atomic mass is 35.5. The van der Waals surface area contributed by atoms with Gasteiger partial charge in [0.1, 0.15) is 0 Å². The standard InChI is InChI=1S/C7H12ClN/c8-9-5-7(6-9)3-1-2-4-7/h1-6H2. The zero-order valence-corrected chi connectivity index (χ0v) is 6.32. The normalized spacial score (nSPS) is 33.0. The summed E-state index contributed by atoms with van der Waals surface area (Å²) in [5.74, 6) is 0. The summed E-state index contributed by atoms with van der Waals surface area (Å²) in [6.45, 7) is 2.29. The lowest BCUT2D eigenvalue weighted by atomic mass is 9.80. The van der Waals surface area contributed by atoms with Crippen molar-refractivity contribution in [2.24, 2.45) is 5.41 Å². The van der Waals surface area contributed by atoms with E-state index in [1.807, 2.05) is 4.42 Å². The fourth-order valence-corrected chi connectivity index (χ4v) is 2.63. The summed E-state index contributed by atoms with van der Waals surface area (Å²) in [4.78, 5) is 0. The summed E-state index contributed by atoms with van der Waals surface area (Å²) in [5, 5.41) is 0. The minimum Gasteiger partial charge on any atom is -0.219 e. The van der Waals surface area contributed by atoms with Crippen molar-refractivity contribution < 1.29 is 0 Å². The SMILES string of the molecule is ClN1CC2(CCCC2)C1. The van der Waals surface area contributed by atoms with E-state index in [1.165, 1.54) is 25.7 Å². The Morgan fingerprint density at radius 2 is 1.67 bits per heavy atom. The summed E-state index contributed by atoms with van der Waals surface area (Å²) in [6, 6.07) is 0. The van der Waals surface area contributed by atoms with Crippen molar-refractivity contribution in [3.63, 3.8) is 0 Å². The third kappa shape index (κ3) is 0.870. The van der Waals surface area contributed by atoms with Crippen LogP contribution in [0.1, 0.15) is 25.7 Å². The van der Waals surface area contributed by atoms with Crippen LogP contribution >= 0.6 is 11.8 Å². The molecule has 0 bridgehead atoms. The highest BCUT2D eigenvalue weighted by molar-refractivity contribution is 6.13. The average molecular weight is 146 g/mol. The lowest BCUT2D eigenvalue weighted by Crippen LogP contribution is -2.49. The molecule has 0 aromatic heterocycles. The molecule has 1 saturated carbocycles. The van der Waals surface area contributed by atoms with Gasteiger partial charge in [0.25, 0.3) is 0 Å². The monoisotopic (exact) mass is 145 g/mol. The Balaban J connectivity index is 1.95. The number of hydrogen-bond donors (Lipinski definition) is 0. The first kappa shape index (κ1) is 5.99. The molecule has 2 aliphatic rings. The zero-order valence-electron chi connectivity index (χ0n) is 5.57. The molecule has 0 N–H and O–H groups in total. The Bertz CT molecular complexity index is 110. The van der Waals surface area contributed by atoms with E-state index in [1.54, 1.807) is 0 Å². The van der Waals surface area contributed by atoms with E-state index in [0.717, 1.165) is 13.1 Å². The summed E-state index contributed by atoms with van der Waals surface area (Å²) in [7, 11) is 0. The van der Waals surface area contributed by atoms with Gasteiger partial charge in [-0.3, -0.25) is 0 Å². The molecule has 2 rings (SSSR count). The van der Waals surface area contributed by atoms with Crippen molar-refractivity contribution in [3.8, 4) is 0 Å². The van der Waals surface area contributed by atoms with Crippen LogP contribution in [0.4, 0.5) is 0 Å². The van der Waals surface area contributed by atoms with E-state index in [0.29, 0.717) is 5.41 Å². The number of halogens is 1. The largest absolute Gasteiger partial charge is 0.219 e. The van der Waals surface area contributed by atoms with E-state index in [2.05, 4.69) is 0 Å². The van der Waals surface area contributed by atoms with Crippen molar-refractivity contribution in [2.75, 3.05) is 13.1 Å². The lowest BCUT2D eigenvalue weighted by Gasteiger charge is -2.44. The van der Waals surface area contributed by atoms with Crippen molar-refractivity contribution in [1.82, 2.24) is 4.42 Å². The molecule has 1 aliphatic heterocycles. The Hall–Kier alpha value is 0.250. The van der Waals surface area contributed by atoms with Crippen LogP contribution in [-0.2, 0) is 0 Å². The topological polar surface area (TPSA) is 3.24 Å². The first-order chi connectivity index (χ1) is 4.31.